The second-order valence-electron chi connectivity index (χ2n) is 15.9. The summed E-state index contributed by atoms with van der Waals surface area (Å²) in [6, 6.07) is 77.4. The Morgan fingerprint density at radius 2 is 0.828 bits per heavy atom. The van der Waals surface area contributed by atoms with E-state index < -0.39 is 0 Å². The van der Waals surface area contributed by atoms with Gasteiger partial charge in [0.2, 0.25) is 0 Å². The maximum Gasteiger partial charge on any atom is 0.0540 e. The van der Waals surface area contributed by atoms with Crippen molar-refractivity contribution >= 4 is 44.9 Å². The molecule has 10 rings (SSSR count). The molecule has 0 saturated carbocycles. The molecule has 0 amide bonds. The van der Waals surface area contributed by atoms with Crippen molar-refractivity contribution in [2.24, 2.45) is 0 Å². The number of anilines is 6. The van der Waals surface area contributed by atoms with Crippen molar-refractivity contribution in [3.63, 3.8) is 0 Å². The van der Waals surface area contributed by atoms with Crippen LogP contribution in [0.5, 0.6) is 0 Å². The third-order valence-corrected chi connectivity index (χ3v) is 11.9. The van der Waals surface area contributed by atoms with Crippen LogP contribution < -0.4 is 9.80 Å². The van der Waals surface area contributed by atoms with E-state index in [1.165, 1.54) is 66.5 Å². The molecule has 0 unspecified atom stereocenters. The van der Waals surface area contributed by atoms with Gasteiger partial charge in [-0.25, -0.2) is 0 Å². The van der Waals surface area contributed by atoms with E-state index >= 15 is 0 Å². The molecule has 0 saturated heterocycles. The van der Waals surface area contributed by atoms with Gasteiger partial charge in [-0.05, 0) is 135 Å². The molecule has 2 heteroatoms. The van der Waals surface area contributed by atoms with Gasteiger partial charge in [0.1, 0.15) is 0 Å². The van der Waals surface area contributed by atoms with Gasteiger partial charge < -0.3 is 9.80 Å². The number of fused-ring (bicyclic) bond motifs is 4. The first-order valence-electron chi connectivity index (χ1n) is 20.2. The predicted octanol–water partition coefficient (Wildman–Crippen LogP) is 15.7. The van der Waals surface area contributed by atoms with Crippen molar-refractivity contribution in [1.82, 2.24) is 0 Å². The largest absolute Gasteiger partial charge is 0.310 e. The molecule has 0 atom stereocenters. The lowest BCUT2D eigenvalue weighted by atomic mass is 9.82. The van der Waals surface area contributed by atoms with E-state index in [0.29, 0.717) is 0 Å². The quantitative estimate of drug-likeness (QED) is 0.153. The van der Waals surface area contributed by atoms with Crippen LogP contribution in [0.2, 0.25) is 0 Å². The number of hydrogen-bond acceptors (Lipinski definition) is 2. The molecule has 2 nitrogen and oxygen atoms in total. The molecular weight excluding hydrogens is 701 g/mol. The van der Waals surface area contributed by atoms with E-state index in [1.54, 1.807) is 0 Å². The lowest BCUT2D eigenvalue weighted by molar-refractivity contribution is 0.660. The predicted molar refractivity (Wildman–Crippen MR) is 246 cm³/mol. The molecule has 0 N–H and O–H groups in total. The van der Waals surface area contributed by atoms with Crippen LogP contribution in [-0.4, -0.2) is 0 Å². The average Bonchev–Trinajstić information content (AvgIpc) is 3.49. The highest BCUT2D eigenvalue weighted by Crippen LogP contribution is 2.53. The third-order valence-electron chi connectivity index (χ3n) is 11.9. The van der Waals surface area contributed by atoms with Crippen molar-refractivity contribution in [2.75, 3.05) is 9.80 Å². The lowest BCUT2D eigenvalue weighted by Crippen LogP contribution is -2.17. The maximum absolute atomic E-state index is 2.42. The summed E-state index contributed by atoms with van der Waals surface area (Å²) in [5.74, 6) is 0. The molecule has 9 aromatic rings. The minimum absolute atomic E-state index is 0.232. The van der Waals surface area contributed by atoms with E-state index in [-0.39, 0.29) is 5.41 Å². The van der Waals surface area contributed by atoms with Crippen LogP contribution in [0.1, 0.15) is 30.5 Å². The fraction of sp³-hybridized carbons (Fsp3) is 0.0714. The lowest BCUT2D eigenvalue weighted by Gasteiger charge is -2.29. The highest BCUT2D eigenvalue weighted by atomic mass is 15.1. The van der Waals surface area contributed by atoms with Crippen molar-refractivity contribution in [2.45, 2.75) is 26.2 Å². The molecule has 1 aliphatic rings. The Morgan fingerprint density at radius 1 is 0.345 bits per heavy atom. The van der Waals surface area contributed by atoms with Gasteiger partial charge in [-0.15, -0.1) is 0 Å². The summed E-state index contributed by atoms with van der Waals surface area (Å²) in [4.78, 5) is 4.81. The first-order chi connectivity index (χ1) is 28.4. The van der Waals surface area contributed by atoms with E-state index in [1.807, 2.05) is 0 Å². The summed E-state index contributed by atoms with van der Waals surface area (Å²) in [7, 11) is 0. The van der Waals surface area contributed by atoms with E-state index in [2.05, 4.69) is 243 Å². The molecular formula is C56H44N2. The van der Waals surface area contributed by atoms with Gasteiger partial charge in [0, 0.05) is 39.2 Å². The van der Waals surface area contributed by atoms with Gasteiger partial charge in [0.15, 0.2) is 0 Å². The second-order valence-corrected chi connectivity index (χ2v) is 15.9. The highest BCUT2D eigenvalue weighted by Gasteiger charge is 2.37. The summed E-state index contributed by atoms with van der Waals surface area (Å²) >= 11 is 0. The van der Waals surface area contributed by atoms with Crippen LogP contribution in [0, 0.1) is 6.92 Å². The van der Waals surface area contributed by atoms with Crippen molar-refractivity contribution in [1.29, 1.82) is 0 Å². The Bertz CT molecular complexity index is 2920. The number of rotatable bonds is 8. The van der Waals surface area contributed by atoms with Crippen molar-refractivity contribution in [3.05, 3.63) is 229 Å². The molecule has 0 aliphatic heterocycles. The number of hydrogen-bond donors (Lipinski definition) is 0. The van der Waals surface area contributed by atoms with Crippen molar-refractivity contribution < 1.29 is 0 Å². The third kappa shape index (κ3) is 6.24. The Morgan fingerprint density at radius 3 is 1.52 bits per heavy atom. The molecule has 58 heavy (non-hydrogen) atoms. The highest BCUT2D eigenvalue weighted by molar-refractivity contribution is 5.99. The molecule has 1 aliphatic carbocycles. The minimum atomic E-state index is -0.232. The van der Waals surface area contributed by atoms with E-state index in [4.69, 9.17) is 0 Å². The Balaban J connectivity index is 1.04. The summed E-state index contributed by atoms with van der Waals surface area (Å²) in [5.41, 5.74) is 18.0. The molecule has 0 spiro atoms. The zero-order chi connectivity index (χ0) is 39.2. The summed E-state index contributed by atoms with van der Waals surface area (Å²) in [5, 5.41) is 2.46. The van der Waals surface area contributed by atoms with Crippen LogP contribution in [0.4, 0.5) is 34.1 Å². The number of para-hydroxylation sites is 1. The van der Waals surface area contributed by atoms with Crippen LogP contribution in [-0.2, 0) is 5.41 Å². The molecule has 0 fully saturated rings. The zero-order valence-corrected chi connectivity index (χ0v) is 33.1. The minimum Gasteiger partial charge on any atom is -0.310 e. The van der Waals surface area contributed by atoms with Gasteiger partial charge in [0.25, 0.3) is 0 Å². The summed E-state index contributed by atoms with van der Waals surface area (Å²) in [6.45, 7) is 6.93. The van der Waals surface area contributed by atoms with Crippen molar-refractivity contribution in [3.8, 4) is 33.4 Å². The normalized spacial score (nSPS) is 12.5. The second kappa shape index (κ2) is 14.4. The molecule has 0 heterocycles. The zero-order valence-electron chi connectivity index (χ0n) is 33.1. The number of aryl methyl sites for hydroxylation is 1. The monoisotopic (exact) mass is 744 g/mol. The fourth-order valence-electron chi connectivity index (χ4n) is 8.93. The van der Waals surface area contributed by atoms with Gasteiger partial charge in [-0.2, -0.15) is 0 Å². The smallest absolute Gasteiger partial charge is 0.0540 e. The Labute approximate surface area is 341 Å². The van der Waals surface area contributed by atoms with Crippen LogP contribution in [0.3, 0.4) is 0 Å². The average molecular weight is 745 g/mol. The van der Waals surface area contributed by atoms with E-state index in [9.17, 15) is 0 Å². The summed E-state index contributed by atoms with van der Waals surface area (Å²) < 4.78 is 0. The molecule has 0 aromatic heterocycles. The summed E-state index contributed by atoms with van der Waals surface area (Å²) in [6.07, 6.45) is 0. The topological polar surface area (TPSA) is 6.48 Å². The molecule has 9 aromatic carbocycles. The fourth-order valence-corrected chi connectivity index (χ4v) is 8.93. The maximum atomic E-state index is 2.42. The van der Waals surface area contributed by atoms with Gasteiger partial charge >= 0.3 is 0 Å². The van der Waals surface area contributed by atoms with Gasteiger partial charge in [-0.3, -0.25) is 0 Å². The number of benzene rings is 9. The molecule has 0 bridgehead atoms. The van der Waals surface area contributed by atoms with Gasteiger partial charge in [-0.1, -0.05) is 153 Å². The van der Waals surface area contributed by atoms with E-state index in [0.717, 1.165) is 28.4 Å². The van der Waals surface area contributed by atoms with Crippen LogP contribution >= 0.6 is 0 Å². The first-order valence-corrected chi connectivity index (χ1v) is 20.2. The Kier molecular flexibility index (Phi) is 8.76. The van der Waals surface area contributed by atoms with Gasteiger partial charge in [0.05, 0.1) is 5.69 Å². The first kappa shape index (κ1) is 35.3. The standard InChI is InChI=1S/C56H44N2/c1-39-15-12-24-47(35-39)57(46-29-27-41(28-30-46)44-21-13-20-43(36-44)40-16-6-4-7-17-40)48-31-33-51-52-34-32-49(38-54(52)56(2,3)53(51)37-48)58(45-22-8-5-9-23-45)55-26-14-19-42-18-10-11-25-50(42)55/h4-38H,1-3H3. The SMILES string of the molecule is Cc1cccc(N(c2ccc(-c3cccc(-c4ccccc4)c3)cc2)c2ccc3c(c2)C(C)(C)c2cc(N(c4ccccc4)c4cccc5ccccc45)ccc2-3)c1. The number of nitrogens with zero attached hydrogens (tertiary/aromatic N) is 2. The molecule has 0 radical (unpaired) electrons. The van der Waals surface area contributed by atoms with Crippen LogP contribution in [0.15, 0.2) is 212 Å². The molecule has 278 valence electrons. The Hall–Kier alpha value is -7.16. The van der Waals surface area contributed by atoms with Crippen LogP contribution in [0.25, 0.3) is 44.2 Å².